The number of amides is 2. The molecule has 3 atom stereocenters. The lowest BCUT2D eigenvalue weighted by atomic mass is 10.0. The van der Waals surface area contributed by atoms with Crippen LogP contribution < -0.4 is 11.1 Å². The van der Waals surface area contributed by atoms with Crippen molar-refractivity contribution in [2.75, 3.05) is 5.75 Å². The third-order valence-corrected chi connectivity index (χ3v) is 5.70. The normalized spacial score (nSPS) is 23.0. The summed E-state index contributed by atoms with van der Waals surface area (Å²) in [5, 5.41) is 20.9. The van der Waals surface area contributed by atoms with Gasteiger partial charge in [0.05, 0.1) is 0 Å². The number of carboxylic acids is 1. The standard InChI is InChI=1S/C18H19N3O5S/c1-2-3-10-8-27-17-13(16(24)21(17)14(10)18(25)26)20-15(23)12(19)9-4-6-11(22)7-5-9/h2-7,12-13,17,22H,8,19H2,1H3,(H,20,23)(H,25,26)/b3-2+/t12?,13?,17-/m0/s1. The number of thioether (sulfide) groups is 1. The van der Waals surface area contributed by atoms with Crippen LogP contribution in [0.4, 0.5) is 0 Å². The maximum absolute atomic E-state index is 12.5. The van der Waals surface area contributed by atoms with Crippen LogP contribution in [0.5, 0.6) is 5.75 Å². The van der Waals surface area contributed by atoms with E-state index in [1.54, 1.807) is 19.1 Å². The van der Waals surface area contributed by atoms with E-state index in [2.05, 4.69) is 5.32 Å². The molecule has 1 fully saturated rings. The van der Waals surface area contributed by atoms with Gasteiger partial charge in [0.25, 0.3) is 5.91 Å². The summed E-state index contributed by atoms with van der Waals surface area (Å²) in [4.78, 5) is 37.7. The van der Waals surface area contributed by atoms with Crippen LogP contribution >= 0.6 is 11.8 Å². The molecule has 2 heterocycles. The van der Waals surface area contributed by atoms with Crippen molar-refractivity contribution < 1.29 is 24.6 Å². The summed E-state index contributed by atoms with van der Waals surface area (Å²) >= 11 is 1.39. The Hall–Kier alpha value is -2.78. The first-order valence-corrected chi connectivity index (χ1v) is 9.28. The first-order chi connectivity index (χ1) is 12.8. The predicted octanol–water partition coefficient (Wildman–Crippen LogP) is 0.707. The summed E-state index contributed by atoms with van der Waals surface area (Å²) < 4.78 is 0. The van der Waals surface area contributed by atoms with Gasteiger partial charge in [-0.15, -0.1) is 11.8 Å². The van der Waals surface area contributed by atoms with Crippen molar-refractivity contribution in [3.63, 3.8) is 0 Å². The number of carbonyl (C=O) groups excluding carboxylic acids is 2. The number of hydrogen-bond donors (Lipinski definition) is 4. The van der Waals surface area contributed by atoms with Crippen molar-refractivity contribution in [1.82, 2.24) is 10.2 Å². The molecule has 27 heavy (non-hydrogen) atoms. The molecule has 9 heteroatoms. The zero-order valence-corrected chi connectivity index (χ0v) is 15.3. The molecular weight excluding hydrogens is 370 g/mol. The summed E-state index contributed by atoms with van der Waals surface area (Å²) in [6, 6.07) is 4.06. The Morgan fingerprint density at radius 1 is 1.37 bits per heavy atom. The van der Waals surface area contributed by atoms with E-state index in [-0.39, 0.29) is 11.4 Å². The molecule has 1 aromatic rings. The van der Waals surface area contributed by atoms with Crippen LogP contribution in [-0.2, 0) is 14.4 Å². The topological polar surface area (TPSA) is 133 Å². The average Bonchev–Trinajstić information content (AvgIpc) is 2.65. The summed E-state index contributed by atoms with van der Waals surface area (Å²) in [6.45, 7) is 1.77. The number of nitrogens with two attached hydrogens (primary N) is 1. The number of hydrogen-bond acceptors (Lipinski definition) is 6. The number of β-lactam (4-membered cyclic amide) rings is 1. The Kier molecular flexibility index (Phi) is 5.24. The van der Waals surface area contributed by atoms with Crippen molar-refractivity contribution in [2.45, 2.75) is 24.4 Å². The van der Waals surface area contributed by atoms with Gasteiger partial charge in [0.2, 0.25) is 5.91 Å². The highest BCUT2D eigenvalue weighted by Gasteiger charge is 2.54. The molecule has 0 saturated carbocycles. The molecule has 0 bridgehead atoms. The number of aliphatic carboxylic acids is 1. The minimum absolute atomic E-state index is 0.0461. The van der Waals surface area contributed by atoms with Crippen molar-refractivity contribution in [2.24, 2.45) is 5.73 Å². The second-order valence-corrected chi connectivity index (χ2v) is 7.25. The second kappa shape index (κ2) is 7.45. The largest absolute Gasteiger partial charge is 0.508 e. The number of rotatable bonds is 5. The third-order valence-electron chi connectivity index (χ3n) is 4.40. The van der Waals surface area contributed by atoms with Gasteiger partial charge in [0.15, 0.2) is 0 Å². The van der Waals surface area contributed by atoms with Crippen LogP contribution in [-0.4, -0.2) is 50.1 Å². The molecule has 2 amide bonds. The number of phenolic OH excluding ortho intramolecular Hbond substituents is 1. The Bertz CT molecular complexity index is 849. The number of fused-ring (bicyclic) bond motifs is 1. The smallest absolute Gasteiger partial charge is 0.352 e. The fourth-order valence-electron chi connectivity index (χ4n) is 3.05. The van der Waals surface area contributed by atoms with Crippen molar-refractivity contribution >= 4 is 29.5 Å². The number of phenols is 1. The first kappa shape index (κ1) is 19.0. The van der Waals surface area contributed by atoms with Crippen LogP contribution in [0.15, 0.2) is 47.7 Å². The van der Waals surface area contributed by atoms with Gasteiger partial charge in [-0.25, -0.2) is 4.79 Å². The van der Waals surface area contributed by atoms with Crippen LogP contribution in [0.25, 0.3) is 0 Å². The van der Waals surface area contributed by atoms with E-state index in [1.807, 2.05) is 0 Å². The van der Waals surface area contributed by atoms with E-state index >= 15 is 0 Å². The van der Waals surface area contributed by atoms with Crippen molar-refractivity contribution in [1.29, 1.82) is 0 Å². The Morgan fingerprint density at radius 2 is 2.04 bits per heavy atom. The maximum atomic E-state index is 12.5. The number of carboxylic acid groups (broad SMARTS) is 1. The third kappa shape index (κ3) is 3.43. The molecule has 8 nitrogen and oxygen atoms in total. The summed E-state index contributed by atoms with van der Waals surface area (Å²) in [7, 11) is 0. The number of carbonyl (C=O) groups is 3. The quantitative estimate of drug-likeness (QED) is 0.545. The molecular formula is C18H19N3O5S. The number of nitrogens with one attached hydrogen (secondary N) is 1. The molecule has 0 aromatic heterocycles. The molecule has 0 aliphatic carbocycles. The Labute approximate surface area is 159 Å². The molecule has 3 rings (SSSR count). The van der Waals surface area contributed by atoms with Crippen molar-refractivity contribution in [3.8, 4) is 5.75 Å². The number of aromatic hydroxyl groups is 1. The monoisotopic (exact) mass is 389 g/mol. The fourth-order valence-corrected chi connectivity index (χ4v) is 4.37. The van der Waals surface area contributed by atoms with Crippen molar-refractivity contribution in [3.05, 3.63) is 53.3 Å². The van der Waals surface area contributed by atoms with E-state index in [0.717, 1.165) is 0 Å². The van der Waals surface area contributed by atoms with Gasteiger partial charge in [-0.1, -0.05) is 24.3 Å². The zero-order chi connectivity index (χ0) is 19.7. The summed E-state index contributed by atoms with van der Waals surface area (Å²) in [5.41, 5.74) is 6.93. The van der Waals surface area contributed by atoms with Gasteiger partial charge in [-0.2, -0.15) is 0 Å². The highest BCUT2D eigenvalue weighted by atomic mass is 32.2. The maximum Gasteiger partial charge on any atom is 0.352 e. The number of benzene rings is 1. The van der Waals surface area contributed by atoms with E-state index in [0.29, 0.717) is 16.9 Å². The summed E-state index contributed by atoms with van der Waals surface area (Å²) in [5.74, 6) is -1.71. The fraction of sp³-hybridized carbons (Fsp3) is 0.278. The zero-order valence-electron chi connectivity index (χ0n) is 14.5. The lowest BCUT2D eigenvalue weighted by Crippen LogP contribution is -2.71. The molecule has 1 saturated heterocycles. The van der Waals surface area contributed by atoms with Crippen LogP contribution in [0.3, 0.4) is 0 Å². The molecule has 1 aromatic carbocycles. The molecule has 142 valence electrons. The minimum Gasteiger partial charge on any atom is -0.508 e. The van der Waals surface area contributed by atoms with E-state index in [4.69, 9.17) is 5.73 Å². The predicted molar refractivity (Wildman–Crippen MR) is 99.5 cm³/mol. The van der Waals surface area contributed by atoms with E-state index in [1.165, 1.54) is 40.9 Å². The molecule has 2 aliphatic rings. The van der Waals surface area contributed by atoms with Crippen LogP contribution in [0.1, 0.15) is 18.5 Å². The second-order valence-electron chi connectivity index (χ2n) is 6.14. The number of nitrogens with zero attached hydrogens (tertiary/aromatic N) is 1. The SMILES string of the molecule is C/C=C/C1=C(C(=O)O)N2C(=O)C(NC(=O)C(N)c3ccc(O)cc3)[C@@H]2SC1. The van der Waals surface area contributed by atoms with Gasteiger partial charge >= 0.3 is 5.97 Å². The van der Waals surface area contributed by atoms with Gasteiger partial charge < -0.3 is 21.3 Å². The molecule has 0 radical (unpaired) electrons. The van der Waals surface area contributed by atoms with E-state index in [9.17, 15) is 24.6 Å². The van der Waals surface area contributed by atoms with Gasteiger partial charge in [0.1, 0.15) is 28.9 Å². The Morgan fingerprint density at radius 3 is 2.63 bits per heavy atom. The Balaban J connectivity index is 1.74. The molecule has 0 spiro atoms. The van der Waals surface area contributed by atoms with Gasteiger partial charge in [-0.3, -0.25) is 14.5 Å². The lowest BCUT2D eigenvalue weighted by molar-refractivity contribution is -0.150. The average molecular weight is 389 g/mol. The van der Waals surface area contributed by atoms with Crippen LogP contribution in [0.2, 0.25) is 0 Å². The first-order valence-electron chi connectivity index (χ1n) is 8.24. The number of allylic oxidation sites excluding steroid dienone is 2. The highest BCUT2D eigenvalue weighted by Crippen LogP contribution is 2.40. The minimum atomic E-state index is -1.17. The van der Waals surface area contributed by atoms with E-state index < -0.39 is 35.2 Å². The molecule has 2 aliphatic heterocycles. The van der Waals surface area contributed by atoms with Gasteiger partial charge in [-0.05, 0) is 30.2 Å². The molecule has 5 N–H and O–H groups in total. The summed E-state index contributed by atoms with van der Waals surface area (Å²) in [6.07, 6.45) is 3.39. The van der Waals surface area contributed by atoms with Gasteiger partial charge in [0, 0.05) is 5.75 Å². The lowest BCUT2D eigenvalue weighted by Gasteiger charge is -2.49. The highest BCUT2D eigenvalue weighted by molar-refractivity contribution is 8.00. The van der Waals surface area contributed by atoms with Crippen LogP contribution in [0, 0.1) is 0 Å². The molecule has 2 unspecified atom stereocenters.